The first-order chi connectivity index (χ1) is 16.6. The fourth-order valence-corrected chi connectivity index (χ4v) is 8.26. The third kappa shape index (κ3) is 3.01. The summed E-state index contributed by atoms with van der Waals surface area (Å²) in [6.45, 7) is 11.7. The molecule has 6 rings (SSSR count). The highest BCUT2D eigenvalue weighted by atomic mass is 16.6. The number of benzene rings is 1. The van der Waals surface area contributed by atoms with E-state index in [-0.39, 0.29) is 34.6 Å². The predicted molar refractivity (Wildman–Crippen MR) is 137 cm³/mol. The molecule has 0 saturated heterocycles. The van der Waals surface area contributed by atoms with Gasteiger partial charge in [-0.05, 0) is 60.6 Å². The molecule has 0 bridgehead atoms. The van der Waals surface area contributed by atoms with E-state index < -0.39 is 11.9 Å². The van der Waals surface area contributed by atoms with Crippen LogP contribution in [0.2, 0.25) is 0 Å². The molecule has 2 fully saturated rings. The Balaban J connectivity index is 1.52. The van der Waals surface area contributed by atoms with Gasteiger partial charge < -0.3 is 14.8 Å². The van der Waals surface area contributed by atoms with Crippen LogP contribution >= 0.6 is 0 Å². The fraction of sp³-hybridized carbons (Fsp3) is 0.633. The quantitative estimate of drug-likeness (QED) is 0.615. The van der Waals surface area contributed by atoms with Crippen molar-refractivity contribution in [2.45, 2.75) is 90.1 Å². The maximum Gasteiger partial charge on any atom is 0.298 e. The molecule has 3 aliphatic carbocycles. The Kier molecular flexibility index (Phi) is 5.21. The molecule has 0 spiro atoms. The second kappa shape index (κ2) is 7.77. The minimum Gasteiger partial charge on any atom is -0.416 e. The molecule has 3 N–H and O–H groups in total. The molecular formula is C30H40NO4+. The zero-order valence-corrected chi connectivity index (χ0v) is 21.7. The Bertz CT molecular complexity index is 1210. The van der Waals surface area contributed by atoms with Crippen molar-refractivity contribution >= 4 is 16.7 Å². The number of hydrogen-bond donors (Lipinski definition) is 1. The summed E-state index contributed by atoms with van der Waals surface area (Å²) in [4.78, 5) is 17.1. The van der Waals surface area contributed by atoms with Gasteiger partial charge >= 0.3 is 0 Å². The minimum absolute atomic E-state index is 0.00318. The number of nitrogens with one attached hydrogen (secondary N) is 1. The lowest BCUT2D eigenvalue weighted by molar-refractivity contribution is -0.256. The molecule has 2 unspecified atom stereocenters. The largest absolute Gasteiger partial charge is 0.416 e. The second-order valence-corrected chi connectivity index (χ2v) is 12.3. The number of rotatable bonds is 4. The van der Waals surface area contributed by atoms with Crippen molar-refractivity contribution in [1.29, 1.82) is 0 Å². The number of H-pyrrole nitrogens is 1. The molecular weight excluding hydrogens is 438 g/mol. The van der Waals surface area contributed by atoms with Crippen molar-refractivity contribution < 1.29 is 19.4 Å². The van der Waals surface area contributed by atoms with Crippen LogP contribution in [0.3, 0.4) is 0 Å². The predicted octanol–water partition coefficient (Wildman–Crippen LogP) is 5.18. The lowest BCUT2D eigenvalue weighted by Crippen LogP contribution is -2.65. The molecule has 5 heteroatoms. The van der Waals surface area contributed by atoms with Crippen LogP contribution in [0.4, 0.5) is 0 Å². The van der Waals surface area contributed by atoms with Gasteiger partial charge in [-0.25, -0.2) is 0 Å². The van der Waals surface area contributed by atoms with Crippen molar-refractivity contribution in [3.8, 4) is 0 Å². The number of ether oxygens (including phenoxy) is 2. The van der Waals surface area contributed by atoms with Crippen LogP contribution in [-0.2, 0) is 26.1 Å². The van der Waals surface area contributed by atoms with E-state index in [1.807, 2.05) is 13.8 Å². The van der Waals surface area contributed by atoms with E-state index in [2.05, 4.69) is 50.0 Å². The Morgan fingerprint density at radius 3 is 2.74 bits per heavy atom. The van der Waals surface area contributed by atoms with Gasteiger partial charge in [0.2, 0.25) is 0 Å². The van der Waals surface area contributed by atoms with E-state index in [9.17, 15) is 9.90 Å². The molecule has 5 nitrogen and oxygen atoms in total. The summed E-state index contributed by atoms with van der Waals surface area (Å²) in [5.74, 6) is -0.623. The zero-order valence-electron chi connectivity index (χ0n) is 21.7. The van der Waals surface area contributed by atoms with Crippen molar-refractivity contribution in [1.82, 2.24) is 4.98 Å². The van der Waals surface area contributed by atoms with Crippen molar-refractivity contribution in [3.63, 3.8) is 0 Å². The summed E-state index contributed by atoms with van der Waals surface area (Å²) in [5, 5.41) is 10.8. The highest BCUT2D eigenvalue weighted by Gasteiger charge is 2.70. The second-order valence-electron chi connectivity index (χ2n) is 12.3. The zero-order chi connectivity index (χ0) is 24.8. The van der Waals surface area contributed by atoms with Gasteiger partial charge in [0.15, 0.2) is 5.78 Å². The van der Waals surface area contributed by atoms with Crippen molar-refractivity contribution in [3.05, 3.63) is 47.2 Å². The normalized spacial score (nSPS) is 40.3. The fourth-order valence-electron chi connectivity index (χ4n) is 8.26. The van der Waals surface area contributed by atoms with Crippen LogP contribution < -0.4 is 0 Å². The van der Waals surface area contributed by atoms with Crippen molar-refractivity contribution in [2.75, 3.05) is 6.61 Å². The number of hydrogen-bond acceptors (Lipinski definition) is 3. The first-order valence-corrected chi connectivity index (χ1v) is 13.5. The van der Waals surface area contributed by atoms with Gasteiger partial charge in [-0.15, -0.1) is 0 Å². The monoisotopic (exact) mass is 478 g/mol. The molecule has 0 amide bonds. The molecule has 188 valence electrons. The summed E-state index contributed by atoms with van der Waals surface area (Å²) in [6.07, 6.45) is 5.72. The van der Waals surface area contributed by atoms with Crippen LogP contribution in [-0.4, -0.2) is 40.5 Å². The maximum absolute atomic E-state index is 13.2. The average molecular weight is 479 g/mol. The van der Waals surface area contributed by atoms with E-state index >= 15 is 0 Å². The SMILES string of the molecule is CCCO[C@H]1C[C@H]2Cc3c([nH]c4ccccc34)[C@]2(C)[C@@]2(C)CC[C@@]3([OH2+])OC(C(C)C)C(=O)C=C3C12. The molecule has 2 saturated carbocycles. The third-order valence-electron chi connectivity index (χ3n) is 10.2. The van der Waals surface area contributed by atoms with Crippen LogP contribution in [0.25, 0.3) is 10.9 Å². The first-order valence-electron chi connectivity index (χ1n) is 13.5. The number of para-hydroxylation sites is 1. The van der Waals surface area contributed by atoms with Crippen molar-refractivity contribution in [2.24, 2.45) is 23.2 Å². The lowest BCUT2D eigenvalue weighted by Gasteiger charge is -2.62. The van der Waals surface area contributed by atoms with Crippen LogP contribution in [0.15, 0.2) is 35.9 Å². The number of fused-ring (bicyclic) bond motifs is 9. The van der Waals surface area contributed by atoms with E-state index in [1.54, 1.807) is 6.08 Å². The Labute approximate surface area is 208 Å². The average Bonchev–Trinajstić information content (AvgIpc) is 3.33. The third-order valence-corrected chi connectivity index (χ3v) is 10.2. The molecule has 35 heavy (non-hydrogen) atoms. The molecule has 1 aromatic carbocycles. The van der Waals surface area contributed by atoms with E-state index in [0.29, 0.717) is 18.9 Å². The van der Waals surface area contributed by atoms with Gasteiger partial charge in [-0.3, -0.25) is 9.53 Å². The number of carbonyl (C=O) groups is 1. The number of carbonyl (C=O) groups excluding carboxylic acids is 1. The number of aromatic nitrogens is 1. The number of aromatic amines is 1. The van der Waals surface area contributed by atoms with Gasteiger partial charge in [-0.1, -0.05) is 52.8 Å². The van der Waals surface area contributed by atoms with Crippen LogP contribution in [0.5, 0.6) is 0 Å². The smallest absolute Gasteiger partial charge is 0.298 e. The minimum atomic E-state index is -1.15. The summed E-state index contributed by atoms with van der Waals surface area (Å²) >= 11 is 0. The van der Waals surface area contributed by atoms with E-state index in [1.165, 1.54) is 22.2 Å². The summed E-state index contributed by atoms with van der Waals surface area (Å²) < 4.78 is 12.9. The lowest BCUT2D eigenvalue weighted by atomic mass is 9.43. The molecule has 1 aliphatic heterocycles. The Hall–Kier alpha value is -1.95. The first kappa shape index (κ1) is 23.4. The highest BCUT2D eigenvalue weighted by Crippen LogP contribution is 2.69. The van der Waals surface area contributed by atoms with Gasteiger partial charge in [0.1, 0.15) is 6.10 Å². The van der Waals surface area contributed by atoms with Crippen LogP contribution in [0, 0.1) is 23.2 Å². The molecule has 0 radical (unpaired) electrons. The molecule has 2 heterocycles. The summed E-state index contributed by atoms with van der Waals surface area (Å²) in [6, 6.07) is 8.66. The topological polar surface area (TPSA) is 74.2 Å². The van der Waals surface area contributed by atoms with E-state index in [0.717, 1.165) is 31.3 Å². The van der Waals surface area contributed by atoms with Gasteiger partial charge in [0.05, 0.1) is 18.1 Å². The Morgan fingerprint density at radius 1 is 1.23 bits per heavy atom. The van der Waals surface area contributed by atoms with Crippen LogP contribution in [0.1, 0.15) is 71.6 Å². The molecule has 1 aromatic heterocycles. The van der Waals surface area contributed by atoms with Gasteiger partial charge in [0, 0.05) is 34.5 Å². The van der Waals surface area contributed by atoms with Gasteiger partial charge in [0.25, 0.3) is 5.79 Å². The van der Waals surface area contributed by atoms with E-state index in [4.69, 9.17) is 9.47 Å². The summed E-state index contributed by atoms with van der Waals surface area (Å²) in [5.41, 5.74) is 4.66. The molecule has 4 aliphatic rings. The highest BCUT2D eigenvalue weighted by molar-refractivity contribution is 5.95. The summed E-state index contributed by atoms with van der Waals surface area (Å²) in [7, 11) is 0. The maximum atomic E-state index is 13.2. The van der Waals surface area contributed by atoms with Gasteiger partial charge in [-0.2, -0.15) is 0 Å². The molecule has 7 atom stereocenters. The standard InChI is InChI=1S/C30H39NO4/c1-6-13-34-24-15-18-14-20-19-9-7-8-10-22(19)31-27(20)29(18,5)28(4)11-12-30(33)21(25(24)28)16-23(32)26(35-30)17(2)3/h7-10,16-18,24-26,31,33H,6,11-15H2,1-5H3/p+1/t18-,24+,25?,26?,28+,29-,30-/m1/s1. The Morgan fingerprint density at radius 2 is 2.00 bits per heavy atom. The number of ketones is 1. The molecule has 2 aromatic rings.